The zero-order valence-corrected chi connectivity index (χ0v) is 13.7. The lowest BCUT2D eigenvalue weighted by atomic mass is 10.1. The van der Waals surface area contributed by atoms with Crippen LogP contribution in [-0.2, 0) is 6.42 Å². The van der Waals surface area contributed by atoms with Crippen molar-refractivity contribution in [3.8, 4) is 11.5 Å². The van der Waals surface area contributed by atoms with Crippen LogP contribution in [-0.4, -0.2) is 51.8 Å². The van der Waals surface area contributed by atoms with Crippen molar-refractivity contribution in [1.82, 2.24) is 10.2 Å². The normalized spacial score (nSPS) is 16.5. The number of ether oxygens (including phenoxy) is 2. The molecule has 0 bridgehead atoms. The van der Waals surface area contributed by atoms with Gasteiger partial charge in [0.05, 0.1) is 19.2 Å². The van der Waals surface area contributed by atoms with Crippen LogP contribution in [0.3, 0.4) is 0 Å². The van der Waals surface area contributed by atoms with Crippen LogP contribution in [0.5, 0.6) is 11.5 Å². The molecule has 1 aliphatic rings. The van der Waals surface area contributed by atoms with Crippen LogP contribution in [0.1, 0.15) is 18.4 Å². The molecule has 0 radical (unpaired) electrons. The summed E-state index contributed by atoms with van der Waals surface area (Å²) in [5, 5.41) is 4.08. The zero-order valence-electron chi connectivity index (χ0n) is 13.0. The second-order valence-corrected chi connectivity index (χ2v) is 5.75. The number of hydrogen-bond acceptors (Lipinski definition) is 4. The average molecular weight is 313 g/mol. The molecule has 4 nitrogen and oxygen atoms in total. The van der Waals surface area contributed by atoms with Crippen molar-refractivity contribution in [2.75, 3.05) is 46.9 Å². The second-order valence-electron chi connectivity index (χ2n) is 5.35. The fourth-order valence-electron chi connectivity index (χ4n) is 2.74. The van der Waals surface area contributed by atoms with E-state index in [-0.39, 0.29) is 0 Å². The Bertz CT molecular complexity index is 446. The van der Waals surface area contributed by atoms with E-state index in [9.17, 15) is 0 Å². The molecule has 1 heterocycles. The first-order valence-corrected chi connectivity index (χ1v) is 7.96. The summed E-state index contributed by atoms with van der Waals surface area (Å²) in [6, 6.07) is 3.83. The van der Waals surface area contributed by atoms with Gasteiger partial charge in [-0.3, -0.25) is 0 Å². The van der Waals surface area contributed by atoms with E-state index in [0.717, 1.165) is 50.3 Å². The molecule has 118 valence electrons. The van der Waals surface area contributed by atoms with Gasteiger partial charge >= 0.3 is 0 Å². The van der Waals surface area contributed by atoms with Gasteiger partial charge in [-0.15, -0.1) is 0 Å². The molecule has 1 aromatic carbocycles. The van der Waals surface area contributed by atoms with Crippen LogP contribution in [0, 0.1) is 0 Å². The van der Waals surface area contributed by atoms with E-state index in [1.54, 1.807) is 14.2 Å². The van der Waals surface area contributed by atoms with Gasteiger partial charge in [0.2, 0.25) is 0 Å². The van der Waals surface area contributed by atoms with Crippen molar-refractivity contribution in [1.29, 1.82) is 0 Å². The van der Waals surface area contributed by atoms with E-state index in [1.807, 2.05) is 12.1 Å². The summed E-state index contributed by atoms with van der Waals surface area (Å²) in [5.41, 5.74) is 1.15. The lowest BCUT2D eigenvalue weighted by molar-refractivity contribution is 0.288. The molecule has 0 aliphatic carbocycles. The highest BCUT2D eigenvalue weighted by atomic mass is 35.5. The molecule has 0 saturated carbocycles. The first kappa shape index (κ1) is 16.4. The molecule has 0 spiro atoms. The van der Waals surface area contributed by atoms with E-state index in [2.05, 4.69) is 10.2 Å². The van der Waals surface area contributed by atoms with Gasteiger partial charge in [0.25, 0.3) is 0 Å². The second kappa shape index (κ2) is 8.47. The maximum absolute atomic E-state index is 6.21. The molecule has 2 rings (SSSR count). The van der Waals surface area contributed by atoms with Crippen LogP contribution in [0.15, 0.2) is 12.1 Å². The Hall–Kier alpha value is -0.970. The molecule has 21 heavy (non-hydrogen) atoms. The third-order valence-electron chi connectivity index (χ3n) is 3.91. The third kappa shape index (κ3) is 4.77. The number of methoxy groups -OCH3 is 2. The SMILES string of the molecule is COc1cc(OC)c(CCCN2CCCNCC2)cc1Cl. The highest BCUT2D eigenvalue weighted by molar-refractivity contribution is 6.32. The van der Waals surface area contributed by atoms with Gasteiger partial charge < -0.3 is 19.7 Å². The molecule has 0 atom stereocenters. The van der Waals surface area contributed by atoms with Gasteiger partial charge in [-0.05, 0) is 50.5 Å². The van der Waals surface area contributed by atoms with Crippen LogP contribution in [0.25, 0.3) is 0 Å². The summed E-state index contributed by atoms with van der Waals surface area (Å²) in [5.74, 6) is 1.52. The lowest BCUT2D eigenvalue weighted by Gasteiger charge is -2.19. The van der Waals surface area contributed by atoms with E-state index >= 15 is 0 Å². The Kier molecular flexibility index (Phi) is 6.61. The molecule has 1 fully saturated rings. The molecule has 1 saturated heterocycles. The maximum atomic E-state index is 6.21. The van der Waals surface area contributed by atoms with Gasteiger partial charge in [0, 0.05) is 19.2 Å². The van der Waals surface area contributed by atoms with Crippen molar-refractivity contribution in [3.05, 3.63) is 22.7 Å². The van der Waals surface area contributed by atoms with Crippen LogP contribution in [0.4, 0.5) is 0 Å². The fourth-order valence-corrected chi connectivity index (χ4v) is 3.00. The van der Waals surface area contributed by atoms with Gasteiger partial charge in [-0.2, -0.15) is 0 Å². The molecule has 0 amide bonds. The molecular weight excluding hydrogens is 288 g/mol. The van der Waals surface area contributed by atoms with Crippen molar-refractivity contribution < 1.29 is 9.47 Å². The standard InChI is InChI=1S/C16H25ClN2O2/c1-20-15-12-16(21-2)14(17)11-13(15)5-3-8-19-9-4-6-18-7-10-19/h11-12,18H,3-10H2,1-2H3. The largest absolute Gasteiger partial charge is 0.496 e. The summed E-state index contributed by atoms with van der Waals surface area (Å²) in [4.78, 5) is 2.53. The van der Waals surface area contributed by atoms with Crippen LogP contribution in [0.2, 0.25) is 5.02 Å². The quantitative estimate of drug-likeness (QED) is 0.875. The van der Waals surface area contributed by atoms with Crippen molar-refractivity contribution in [2.24, 2.45) is 0 Å². The number of hydrogen-bond donors (Lipinski definition) is 1. The van der Waals surface area contributed by atoms with E-state index in [0.29, 0.717) is 10.8 Å². The number of halogens is 1. The van der Waals surface area contributed by atoms with E-state index in [1.165, 1.54) is 13.0 Å². The summed E-state index contributed by atoms with van der Waals surface area (Å²) in [7, 11) is 3.31. The Morgan fingerprint density at radius 3 is 2.71 bits per heavy atom. The zero-order chi connectivity index (χ0) is 15.1. The lowest BCUT2D eigenvalue weighted by Crippen LogP contribution is -2.29. The molecule has 1 N–H and O–H groups in total. The van der Waals surface area contributed by atoms with Crippen molar-refractivity contribution in [2.45, 2.75) is 19.3 Å². The number of aryl methyl sites for hydroxylation is 1. The predicted octanol–water partition coefficient (Wildman–Crippen LogP) is 2.59. The minimum Gasteiger partial charge on any atom is -0.496 e. The minimum atomic E-state index is 0.646. The molecule has 0 unspecified atom stereocenters. The van der Waals surface area contributed by atoms with Crippen LogP contribution >= 0.6 is 11.6 Å². The summed E-state index contributed by atoms with van der Waals surface area (Å²) in [6.07, 6.45) is 3.31. The third-order valence-corrected chi connectivity index (χ3v) is 4.20. The average Bonchev–Trinajstić information content (AvgIpc) is 2.76. The van der Waals surface area contributed by atoms with E-state index < -0.39 is 0 Å². The minimum absolute atomic E-state index is 0.646. The Balaban J connectivity index is 1.91. The molecule has 5 heteroatoms. The number of nitrogens with zero attached hydrogens (tertiary/aromatic N) is 1. The number of rotatable bonds is 6. The molecular formula is C16H25ClN2O2. The molecule has 1 aromatic rings. The topological polar surface area (TPSA) is 33.7 Å². The summed E-state index contributed by atoms with van der Waals surface area (Å²) in [6.45, 7) is 5.68. The van der Waals surface area contributed by atoms with Gasteiger partial charge in [0.1, 0.15) is 11.5 Å². The Morgan fingerprint density at radius 1 is 1.14 bits per heavy atom. The van der Waals surface area contributed by atoms with Crippen molar-refractivity contribution in [3.63, 3.8) is 0 Å². The molecule has 1 aliphatic heterocycles. The Labute approximate surface area is 132 Å². The highest BCUT2D eigenvalue weighted by Gasteiger charge is 2.12. The van der Waals surface area contributed by atoms with Crippen molar-refractivity contribution >= 4 is 11.6 Å². The van der Waals surface area contributed by atoms with Gasteiger partial charge in [-0.25, -0.2) is 0 Å². The highest BCUT2D eigenvalue weighted by Crippen LogP contribution is 2.33. The van der Waals surface area contributed by atoms with Gasteiger partial charge in [-0.1, -0.05) is 11.6 Å². The molecule has 0 aromatic heterocycles. The Morgan fingerprint density at radius 2 is 1.95 bits per heavy atom. The number of benzene rings is 1. The van der Waals surface area contributed by atoms with Crippen LogP contribution < -0.4 is 14.8 Å². The predicted molar refractivity (Wildman–Crippen MR) is 86.8 cm³/mol. The van der Waals surface area contributed by atoms with E-state index in [4.69, 9.17) is 21.1 Å². The van der Waals surface area contributed by atoms with Gasteiger partial charge in [0.15, 0.2) is 0 Å². The first-order chi connectivity index (χ1) is 10.2. The first-order valence-electron chi connectivity index (χ1n) is 7.58. The monoisotopic (exact) mass is 312 g/mol. The number of nitrogens with one attached hydrogen (secondary N) is 1. The smallest absolute Gasteiger partial charge is 0.141 e. The fraction of sp³-hybridized carbons (Fsp3) is 0.625. The maximum Gasteiger partial charge on any atom is 0.141 e. The summed E-state index contributed by atoms with van der Waals surface area (Å²) >= 11 is 6.21. The summed E-state index contributed by atoms with van der Waals surface area (Å²) < 4.78 is 10.7.